The normalized spacial score (nSPS) is 10.5. The summed E-state index contributed by atoms with van der Waals surface area (Å²) in [5, 5.41) is 10.9. The topological polar surface area (TPSA) is 37.3 Å². The predicted molar refractivity (Wildman–Crippen MR) is 80.0 cm³/mol. The van der Waals surface area contributed by atoms with E-state index in [1.807, 2.05) is 18.2 Å². The number of aromatic carboxylic acids is 1. The van der Waals surface area contributed by atoms with Crippen molar-refractivity contribution in [1.82, 2.24) is 0 Å². The van der Waals surface area contributed by atoms with Gasteiger partial charge in [0.25, 0.3) is 0 Å². The summed E-state index contributed by atoms with van der Waals surface area (Å²) >= 11 is 3.44. The third kappa shape index (κ3) is 2.45. The van der Waals surface area contributed by atoms with Gasteiger partial charge in [-0.15, -0.1) is 22.7 Å². The van der Waals surface area contributed by atoms with Crippen molar-refractivity contribution >= 4 is 28.6 Å². The Labute approximate surface area is 118 Å². The minimum Gasteiger partial charge on any atom is -0.478 e. The van der Waals surface area contributed by atoms with Gasteiger partial charge in [0.05, 0.1) is 5.56 Å². The Morgan fingerprint density at radius 1 is 0.895 bits per heavy atom. The molecular weight excluding hydrogens is 276 g/mol. The standard InChI is InChI=1S/C15H10O2S2/c16-15(17)11-5-3-10(4-6-11)12-7-8-14(19-12)13-2-1-9-18-13/h1-9H,(H,16,17). The summed E-state index contributed by atoms with van der Waals surface area (Å²) in [6.07, 6.45) is 0. The highest BCUT2D eigenvalue weighted by atomic mass is 32.1. The van der Waals surface area contributed by atoms with Gasteiger partial charge in [-0.3, -0.25) is 0 Å². The number of benzene rings is 1. The summed E-state index contributed by atoms with van der Waals surface area (Å²) in [4.78, 5) is 14.5. The van der Waals surface area contributed by atoms with Crippen LogP contribution in [-0.2, 0) is 0 Å². The van der Waals surface area contributed by atoms with Gasteiger partial charge in [0, 0.05) is 14.6 Å². The Morgan fingerprint density at radius 2 is 1.63 bits per heavy atom. The van der Waals surface area contributed by atoms with E-state index in [1.165, 1.54) is 9.75 Å². The molecule has 94 valence electrons. The van der Waals surface area contributed by atoms with E-state index in [2.05, 4.69) is 23.6 Å². The molecule has 1 N–H and O–H groups in total. The maximum atomic E-state index is 10.8. The third-order valence-electron chi connectivity index (χ3n) is 2.79. The summed E-state index contributed by atoms with van der Waals surface area (Å²) in [5.41, 5.74) is 1.37. The average Bonchev–Trinajstić information content (AvgIpc) is 3.10. The lowest BCUT2D eigenvalue weighted by Crippen LogP contribution is -1.94. The lowest BCUT2D eigenvalue weighted by Gasteiger charge is -1.98. The first-order valence-corrected chi connectivity index (χ1v) is 7.41. The first kappa shape index (κ1) is 12.1. The summed E-state index contributed by atoms with van der Waals surface area (Å²) < 4.78 is 0. The van der Waals surface area contributed by atoms with Gasteiger partial charge in [0.2, 0.25) is 0 Å². The smallest absolute Gasteiger partial charge is 0.335 e. The van der Waals surface area contributed by atoms with Gasteiger partial charge < -0.3 is 5.11 Å². The molecule has 0 fully saturated rings. The Kier molecular flexibility index (Phi) is 3.19. The zero-order chi connectivity index (χ0) is 13.2. The van der Waals surface area contributed by atoms with E-state index in [0.29, 0.717) is 5.56 Å². The second-order valence-electron chi connectivity index (χ2n) is 4.02. The van der Waals surface area contributed by atoms with Crippen LogP contribution in [0.4, 0.5) is 0 Å². The van der Waals surface area contributed by atoms with Gasteiger partial charge in [-0.2, -0.15) is 0 Å². The number of thiophene rings is 2. The highest BCUT2D eigenvalue weighted by molar-refractivity contribution is 7.23. The molecule has 0 bridgehead atoms. The van der Waals surface area contributed by atoms with Crippen molar-refractivity contribution in [1.29, 1.82) is 0 Å². The Bertz CT molecular complexity index is 694. The second-order valence-corrected chi connectivity index (χ2v) is 6.06. The van der Waals surface area contributed by atoms with Crippen molar-refractivity contribution in [3.8, 4) is 20.2 Å². The molecule has 0 amide bonds. The molecule has 2 heterocycles. The monoisotopic (exact) mass is 286 g/mol. The van der Waals surface area contributed by atoms with E-state index in [4.69, 9.17) is 5.11 Å². The van der Waals surface area contributed by atoms with E-state index in [0.717, 1.165) is 10.4 Å². The van der Waals surface area contributed by atoms with Crippen molar-refractivity contribution in [3.05, 3.63) is 59.5 Å². The Morgan fingerprint density at radius 3 is 2.26 bits per heavy atom. The summed E-state index contributed by atoms with van der Waals surface area (Å²) in [5.74, 6) is -0.892. The molecule has 0 saturated carbocycles. The van der Waals surface area contributed by atoms with Crippen LogP contribution in [0.3, 0.4) is 0 Å². The molecule has 0 spiro atoms. The van der Waals surface area contributed by atoms with E-state index in [9.17, 15) is 4.79 Å². The van der Waals surface area contributed by atoms with Gasteiger partial charge in [0.15, 0.2) is 0 Å². The fraction of sp³-hybridized carbons (Fsp3) is 0. The van der Waals surface area contributed by atoms with E-state index in [1.54, 1.807) is 34.8 Å². The molecule has 0 saturated heterocycles. The van der Waals surface area contributed by atoms with Gasteiger partial charge in [-0.1, -0.05) is 18.2 Å². The van der Waals surface area contributed by atoms with Crippen LogP contribution in [0.1, 0.15) is 10.4 Å². The quantitative estimate of drug-likeness (QED) is 0.748. The molecule has 0 aliphatic carbocycles. The van der Waals surface area contributed by atoms with Crippen molar-refractivity contribution in [3.63, 3.8) is 0 Å². The molecule has 0 aliphatic rings. The van der Waals surface area contributed by atoms with Crippen LogP contribution < -0.4 is 0 Å². The fourth-order valence-electron chi connectivity index (χ4n) is 1.82. The molecule has 19 heavy (non-hydrogen) atoms. The van der Waals surface area contributed by atoms with Crippen molar-refractivity contribution in [2.24, 2.45) is 0 Å². The minimum atomic E-state index is -0.892. The highest BCUT2D eigenvalue weighted by Gasteiger charge is 2.07. The molecular formula is C15H10O2S2. The molecule has 1 aromatic carbocycles. The van der Waals surface area contributed by atoms with Crippen LogP contribution in [0.15, 0.2) is 53.9 Å². The second kappa shape index (κ2) is 4.99. The molecule has 0 aliphatic heterocycles. The van der Waals surface area contributed by atoms with Crippen LogP contribution in [0, 0.1) is 0 Å². The first-order chi connectivity index (χ1) is 9.24. The van der Waals surface area contributed by atoms with Crippen LogP contribution in [0.5, 0.6) is 0 Å². The SMILES string of the molecule is O=C(O)c1ccc(-c2ccc(-c3cccs3)s2)cc1. The highest BCUT2D eigenvalue weighted by Crippen LogP contribution is 2.36. The molecule has 3 aromatic rings. The van der Waals surface area contributed by atoms with Crippen LogP contribution >= 0.6 is 22.7 Å². The van der Waals surface area contributed by atoms with Crippen molar-refractivity contribution < 1.29 is 9.90 Å². The zero-order valence-electron chi connectivity index (χ0n) is 9.87. The van der Waals surface area contributed by atoms with Gasteiger partial charge in [-0.25, -0.2) is 4.79 Å². The molecule has 2 nitrogen and oxygen atoms in total. The number of hydrogen-bond donors (Lipinski definition) is 1. The first-order valence-electron chi connectivity index (χ1n) is 5.71. The number of carboxylic acids is 1. The number of hydrogen-bond acceptors (Lipinski definition) is 3. The lowest BCUT2D eigenvalue weighted by atomic mass is 10.1. The summed E-state index contributed by atoms with van der Waals surface area (Å²) in [7, 11) is 0. The minimum absolute atomic E-state index is 0.318. The number of rotatable bonds is 3. The molecule has 2 aromatic heterocycles. The van der Waals surface area contributed by atoms with E-state index >= 15 is 0 Å². The van der Waals surface area contributed by atoms with Crippen LogP contribution in [0.25, 0.3) is 20.2 Å². The molecule has 3 rings (SSSR count). The van der Waals surface area contributed by atoms with Crippen LogP contribution in [0.2, 0.25) is 0 Å². The molecule has 0 radical (unpaired) electrons. The Balaban J connectivity index is 1.92. The van der Waals surface area contributed by atoms with E-state index in [-0.39, 0.29) is 0 Å². The number of carbonyl (C=O) groups is 1. The van der Waals surface area contributed by atoms with Gasteiger partial charge >= 0.3 is 5.97 Å². The largest absolute Gasteiger partial charge is 0.478 e. The van der Waals surface area contributed by atoms with E-state index < -0.39 is 5.97 Å². The summed E-state index contributed by atoms with van der Waals surface area (Å²) in [6.45, 7) is 0. The molecule has 0 unspecified atom stereocenters. The predicted octanol–water partition coefficient (Wildman–Crippen LogP) is 4.84. The zero-order valence-corrected chi connectivity index (χ0v) is 11.5. The van der Waals surface area contributed by atoms with Crippen molar-refractivity contribution in [2.75, 3.05) is 0 Å². The van der Waals surface area contributed by atoms with Gasteiger partial charge in [-0.05, 0) is 41.3 Å². The third-order valence-corrected chi connectivity index (χ3v) is 4.99. The maximum absolute atomic E-state index is 10.8. The fourth-order valence-corrected chi connectivity index (χ4v) is 3.67. The molecule has 0 atom stereocenters. The van der Waals surface area contributed by atoms with Crippen LogP contribution in [-0.4, -0.2) is 11.1 Å². The summed E-state index contributed by atoms with van der Waals surface area (Å²) in [6, 6.07) is 15.3. The maximum Gasteiger partial charge on any atom is 0.335 e. The van der Waals surface area contributed by atoms with Crippen molar-refractivity contribution in [2.45, 2.75) is 0 Å². The average molecular weight is 286 g/mol. The number of carboxylic acid groups (broad SMARTS) is 1. The molecule has 4 heteroatoms. The van der Waals surface area contributed by atoms with Gasteiger partial charge in [0.1, 0.15) is 0 Å². The lowest BCUT2D eigenvalue weighted by molar-refractivity contribution is 0.0697. The Hall–Kier alpha value is -1.91.